The maximum absolute atomic E-state index is 14.4. The number of carbonyl (C=O) groups excluding carboxylic acids is 1. The topological polar surface area (TPSA) is 51.2 Å². The first-order valence-corrected chi connectivity index (χ1v) is 9.42. The van der Waals surface area contributed by atoms with Crippen LogP contribution in [0, 0.1) is 29.5 Å². The average molecular weight is 411 g/mol. The van der Waals surface area contributed by atoms with Gasteiger partial charge in [0.15, 0.2) is 5.82 Å². The van der Waals surface area contributed by atoms with Crippen LogP contribution in [-0.2, 0) is 9.53 Å². The van der Waals surface area contributed by atoms with Crippen LogP contribution >= 0.6 is 23.2 Å². The van der Waals surface area contributed by atoms with Crippen LogP contribution in [0.3, 0.4) is 0 Å². The van der Waals surface area contributed by atoms with Crippen LogP contribution in [0.4, 0.5) is 14.5 Å². The number of pyridine rings is 1. The molecule has 4 nitrogen and oxygen atoms in total. The molecule has 2 aliphatic heterocycles. The Morgan fingerprint density at radius 3 is 2.70 bits per heavy atom. The van der Waals surface area contributed by atoms with Gasteiger partial charge in [-0.1, -0.05) is 23.2 Å². The number of nitrogens with one attached hydrogen (secondary N) is 1. The van der Waals surface area contributed by atoms with Crippen LogP contribution < -0.4 is 5.32 Å². The number of ether oxygens (including phenoxy) is 1. The van der Waals surface area contributed by atoms with Gasteiger partial charge in [-0.2, -0.15) is 4.39 Å². The van der Waals surface area contributed by atoms with Crippen molar-refractivity contribution in [1.82, 2.24) is 4.98 Å². The molecule has 1 aromatic carbocycles. The van der Waals surface area contributed by atoms with E-state index in [1.165, 1.54) is 12.3 Å². The van der Waals surface area contributed by atoms with E-state index < -0.39 is 23.6 Å². The summed E-state index contributed by atoms with van der Waals surface area (Å²) in [6.45, 7) is 0. The summed E-state index contributed by atoms with van der Waals surface area (Å²) in [6.07, 6.45) is 1.61. The van der Waals surface area contributed by atoms with Crippen molar-refractivity contribution in [2.24, 2.45) is 17.8 Å². The highest BCUT2D eigenvalue weighted by atomic mass is 35.5. The number of anilines is 1. The second-order valence-corrected chi connectivity index (χ2v) is 8.12. The zero-order valence-electron chi connectivity index (χ0n) is 13.8. The number of fused-ring (bicyclic) bond motifs is 5. The zero-order valence-corrected chi connectivity index (χ0v) is 15.3. The van der Waals surface area contributed by atoms with E-state index in [1.54, 1.807) is 18.2 Å². The molecule has 2 unspecified atom stereocenters. The predicted octanol–water partition coefficient (Wildman–Crippen LogP) is 4.42. The standard InChI is InChI=1S/C19H14Cl2F2N2O2/c20-11-2-1-7(5-12(11)21)25-19(26)14-13(8-3-4-24-18(23)15(8)22)16-9-6-10(9)17(14)27-16/h1-5,9-10,13-14,16-17H,6H2,(H,25,26)/t9?,10?,13-,14+,16+,17-/m0/s1. The summed E-state index contributed by atoms with van der Waals surface area (Å²) in [6, 6.07) is 6.21. The number of halogens is 4. The lowest BCUT2D eigenvalue weighted by molar-refractivity contribution is -0.122. The average Bonchev–Trinajstić information content (AvgIpc) is 3.25. The van der Waals surface area contributed by atoms with Gasteiger partial charge in [0.25, 0.3) is 0 Å². The summed E-state index contributed by atoms with van der Waals surface area (Å²) in [4.78, 5) is 16.4. The molecule has 140 valence electrons. The molecule has 0 radical (unpaired) electrons. The minimum absolute atomic E-state index is 0.148. The summed E-state index contributed by atoms with van der Waals surface area (Å²) in [5, 5.41) is 3.52. The van der Waals surface area contributed by atoms with Crippen molar-refractivity contribution in [2.45, 2.75) is 24.5 Å². The van der Waals surface area contributed by atoms with Crippen molar-refractivity contribution in [3.63, 3.8) is 0 Å². The van der Waals surface area contributed by atoms with E-state index in [0.29, 0.717) is 27.6 Å². The number of rotatable bonds is 3. The molecule has 1 aromatic heterocycles. The van der Waals surface area contributed by atoms with Crippen LogP contribution in [0.2, 0.25) is 10.0 Å². The third-order valence-corrected chi connectivity index (χ3v) is 6.61. The van der Waals surface area contributed by atoms with Gasteiger partial charge in [0.1, 0.15) is 0 Å². The highest BCUT2D eigenvalue weighted by Gasteiger charge is 2.69. The van der Waals surface area contributed by atoms with Crippen molar-refractivity contribution in [3.05, 3.63) is 57.8 Å². The third-order valence-electron chi connectivity index (χ3n) is 5.87. The Bertz CT molecular complexity index is 957. The normalized spacial score (nSPS) is 33.0. The number of aromatic nitrogens is 1. The number of benzene rings is 1. The fraction of sp³-hybridized carbons (Fsp3) is 0.368. The second kappa shape index (κ2) is 6.12. The Morgan fingerprint density at radius 2 is 1.93 bits per heavy atom. The van der Waals surface area contributed by atoms with Crippen LogP contribution in [0.5, 0.6) is 0 Å². The molecule has 1 aliphatic carbocycles. The molecular formula is C19H14Cl2F2N2O2. The Labute approximate surface area is 163 Å². The van der Waals surface area contributed by atoms with Crippen LogP contribution in [0.15, 0.2) is 30.5 Å². The van der Waals surface area contributed by atoms with Gasteiger partial charge in [0.2, 0.25) is 11.9 Å². The van der Waals surface area contributed by atoms with E-state index in [0.717, 1.165) is 6.42 Å². The molecule has 2 bridgehead atoms. The van der Waals surface area contributed by atoms with Gasteiger partial charge < -0.3 is 10.1 Å². The fourth-order valence-corrected chi connectivity index (χ4v) is 4.95. The van der Waals surface area contributed by atoms with E-state index in [2.05, 4.69) is 10.3 Å². The molecule has 6 atom stereocenters. The molecule has 3 fully saturated rings. The van der Waals surface area contributed by atoms with Gasteiger partial charge in [-0.25, -0.2) is 9.37 Å². The summed E-state index contributed by atoms with van der Waals surface area (Å²) in [5.74, 6) is -3.00. The SMILES string of the molecule is O=C(Nc1ccc(Cl)c(Cl)c1)[C@@H]1[C@H](c2ccnc(F)c2F)[C@@H]2O[C@H]1C1CC12. The largest absolute Gasteiger partial charge is 0.373 e. The first kappa shape index (κ1) is 17.3. The van der Waals surface area contributed by atoms with Gasteiger partial charge >= 0.3 is 0 Å². The van der Waals surface area contributed by atoms with Crippen molar-refractivity contribution in [1.29, 1.82) is 0 Å². The molecule has 27 heavy (non-hydrogen) atoms. The van der Waals surface area contributed by atoms with Gasteiger partial charge in [0.05, 0.1) is 28.2 Å². The Kier molecular flexibility index (Phi) is 3.93. The lowest BCUT2D eigenvalue weighted by Gasteiger charge is -2.27. The first-order chi connectivity index (χ1) is 13.0. The molecular weight excluding hydrogens is 397 g/mol. The van der Waals surface area contributed by atoms with Crippen molar-refractivity contribution in [2.75, 3.05) is 5.32 Å². The quantitative estimate of drug-likeness (QED) is 0.761. The molecule has 1 amide bonds. The number of nitrogens with zero attached hydrogens (tertiary/aromatic N) is 1. The van der Waals surface area contributed by atoms with Gasteiger partial charge in [-0.3, -0.25) is 4.79 Å². The smallest absolute Gasteiger partial charge is 0.249 e. The predicted molar refractivity (Wildman–Crippen MR) is 95.7 cm³/mol. The molecule has 2 aromatic rings. The lowest BCUT2D eigenvalue weighted by Crippen LogP contribution is -2.37. The number of amides is 1. The zero-order chi connectivity index (χ0) is 18.9. The van der Waals surface area contributed by atoms with Crippen LogP contribution in [-0.4, -0.2) is 23.1 Å². The summed E-state index contributed by atoms with van der Waals surface area (Å²) in [5.41, 5.74) is 0.638. The van der Waals surface area contributed by atoms with Crippen molar-refractivity contribution >= 4 is 34.8 Å². The van der Waals surface area contributed by atoms with E-state index in [4.69, 9.17) is 27.9 Å². The van der Waals surface area contributed by atoms with Crippen molar-refractivity contribution in [3.8, 4) is 0 Å². The second-order valence-electron chi connectivity index (χ2n) is 7.30. The molecule has 0 spiro atoms. The maximum atomic E-state index is 14.4. The van der Waals surface area contributed by atoms with Gasteiger partial charge in [-0.05, 0) is 42.5 Å². The number of carbonyl (C=O) groups is 1. The maximum Gasteiger partial charge on any atom is 0.249 e. The minimum Gasteiger partial charge on any atom is -0.373 e. The van der Waals surface area contributed by atoms with Gasteiger partial charge in [-0.15, -0.1) is 0 Å². The molecule has 3 aliphatic rings. The molecule has 8 heteroatoms. The first-order valence-electron chi connectivity index (χ1n) is 8.67. The van der Waals surface area contributed by atoms with Crippen molar-refractivity contribution < 1.29 is 18.3 Å². The highest BCUT2D eigenvalue weighted by Crippen LogP contribution is 2.65. The molecule has 1 N–H and O–H groups in total. The monoisotopic (exact) mass is 410 g/mol. The minimum atomic E-state index is -1.16. The Hall–Kier alpha value is -1.76. The van der Waals surface area contributed by atoms with Crippen LogP contribution in [0.1, 0.15) is 17.9 Å². The lowest BCUT2D eigenvalue weighted by atomic mass is 9.75. The summed E-state index contributed by atoms with van der Waals surface area (Å²) >= 11 is 11.9. The van der Waals surface area contributed by atoms with E-state index in [1.807, 2.05) is 0 Å². The third kappa shape index (κ3) is 2.65. The van der Waals surface area contributed by atoms with E-state index in [-0.39, 0.29) is 23.7 Å². The fourth-order valence-electron chi connectivity index (χ4n) is 4.66. The highest BCUT2D eigenvalue weighted by molar-refractivity contribution is 6.42. The molecule has 1 saturated carbocycles. The van der Waals surface area contributed by atoms with Gasteiger partial charge in [0, 0.05) is 23.4 Å². The number of hydrogen-bond acceptors (Lipinski definition) is 3. The Balaban J connectivity index is 1.48. The number of hydrogen-bond donors (Lipinski definition) is 1. The molecule has 5 rings (SSSR count). The summed E-state index contributed by atoms with van der Waals surface area (Å²) in [7, 11) is 0. The molecule has 2 saturated heterocycles. The van der Waals surface area contributed by atoms with Crippen LogP contribution in [0.25, 0.3) is 0 Å². The molecule has 3 heterocycles. The Morgan fingerprint density at radius 1 is 1.15 bits per heavy atom. The van der Waals surface area contributed by atoms with E-state index in [9.17, 15) is 13.6 Å². The van der Waals surface area contributed by atoms with E-state index >= 15 is 0 Å². The summed E-state index contributed by atoms with van der Waals surface area (Å²) < 4.78 is 34.1.